The van der Waals surface area contributed by atoms with E-state index in [0.717, 1.165) is 12.0 Å². The summed E-state index contributed by atoms with van der Waals surface area (Å²) in [5.41, 5.74) is 1.03. The molecule has 0 aliphatic heterocycles. The van der Waals surface area contributed by atoms with Crippen LogP contribution in [0.25, 0.3) is 0 Å². The molecule has 1 N–H and O–H groups in total. The van der Waals surface area contributed by atoms with E-state index in [4.69, 9.17) is 4.74 Å². The van der Waals surface area contributed by atoms with Gasteiger partial charge in [-0.25, -0.2) is 0 Å². The Morgan fingerprint density at radius 3 is 2.57 bits per heavy atom. The molecule has 4 nitrogen and oxygen atoms in total. The molecule has 2 rings (SSSR count). The molecule has 0 aromatic heterocycles. The maximum atomic E-state index is 11.6. The van der Waals surface area contributed by atoms with Crippen molar-refractivity contribution in [1.82, 2.24) is 5.32 Å². The lowest BCUT2D eigenvalue weighted by Crippen LogP contribution is -2.28. The molecule has 21 heavy (non-hydrogen) atoms. The van der Waals surface area contributed by atoms with Crippen molar-refractivity contribution >= 4 is 11.9 Å². The molecule has 4 heteroatoms. The van der Waals surface area contributed by atoms with Crippen molar-refractivity contribution in [1.29, 1.82) is 0 Å². The van der Waals surface area contributed by atoms with Crippen molar-refractivity contribution in [2.45, 2.75) is 45.1 Å². The SMILES string of the molecule is O=C(COC(=O)CCC1CCCC1)NCc1ccccc1. The van der Waals surface area contributed by atoms with E-state index in [1.165, 1.54) is 25.7 Å². The van der Waals surface area contributed by atoms with Gasteiger partial charge in [0.05, 0.1) is 0 Å². The number of benzene rings is 1. The maximum Gasteiger partial charge on any atom is 0.306 e. The molecule has 0 heterocycles. The Morgan fingerprint density at radius 2 is 1.86 bits per heavy atom. The van der Waals surface area contributed by atoms with Crippen LogP contribution in [-0.4, -0.2) is 18.5 Å². The molecule has 0 saturated heterocycles. The smallest absolute Gasteiger partial charge is 0.306 e. The first-order chi connectivity index (χ1) is 10.2. The summed E-state index contributed by atoms with van der Waals surface area (Å²) in [6.45, 7) is 0.273. The number of hydrogen-bond acceptors (Lipinski definition) is 3. The Labute approximate surface area is 125 Å². The number of carbonyl (C=O) groups excluding carboxylic acids is 2. The molecule has 114 valence electrons. The Balaban J connectivity index is 1.56. The van der Waals surface area contributed by atoms with Crippen LogP contribution in [0.1, 0.15) is 44.1 Å². The third-order valence-electron chi connectivity index (χ3n) is 3.93. The van der Waals surface area contributed by atoms with E-state index in [0.29, 0.717) is 18.9 Å². The summed E-state index contributed by atoms with van der Waals surface area (Å²) in [5, 5.41) is 2.74. The van der Waals surface area contributed by atoms with Crippen LogP contribution in [0.2, 0.25) is 0 Å². The Bertz CT molecular complexity index is 452. The summed E-state index contributed by atoms with van der Waals surface area (Å²) in [4.78, 5) is 23.2. The second-order valence-corrected chi connectivity index (χ2v) is 5.61. The topological polar surface area (TPSA) is 55.4 Å². The van der Waals surface area contributed by atoms with Crippen molar-refractivity contribution in [2.24, 2.45) is 5.92 Å². The predicted molar refractivity (Wildman–Crippen MR) is 80.4 cm³/mol. The normalized spacial score (nSPS) is 14.9. The van der Waals surface area contributed by atoms with Gasteiger partial charge in [-0.3, -0.25) is 9.59 Å². The lowest BCUT2D eigenvalue weighted by atomic mass is 10.0. The lowest BCUT2D eigenvalue weighted by Gasteiger charge is -2.09. The highest BCUT2D eigenvalue weighted by Crippen LogP contribution is 2.28. The fourth-order valence-corrected chi connectivity index (χ4v) is 2.69. The van der Waals surface area contributed by atoms with E-state index in [2.05, 4.69) is 5.32 Å². The van der Waals surface area contributed by atoms with Crippen molar-refractivity contribution in [3.8, 4) is 0 Å². The van der Waals surface area contributed by atoms with E-state index in [1.54, 1.807) is 0 Å². The minimum atomic E-state index is -0.267. The average molecular weight is 289 g/mol. The minimum absolute atomic E-state index is 0.184. The molecule has 0 atom stereocenters. The highest BCUT2D eigenvalue weighted by Gasteiger charge is 2.17. The van der Waals surface area contributed by atoms with Gasteiger partial charge in [-0.1, -0.05) is 56.0 Å². The first-order valence-electron chi connectivity index (χ1n) is 7.70. The average Bonchev–Trinajstić information content (AvgIpc) is 3.03. The third kappa shape index (κ3) is 5.98. The van der Waals surface area contributed by atoms with Crippen LogP contribution in [0, 0.1) is 5.92 Å². The van der Waals surface area contributed by atoms with E-state index >= 15 is 0 Å². The number of ether oxygens (including phenoxy) is 1. The number of carbonyl (C=O) groups is 2. The van der Waals surface area contributed by atoms with Gasteiger partial charge in [0.1, 0.15) is 0 Å². The zero-order valence-electron chi connectivity index (χ0n) is 12.3. The van der Waals surface area contributed by atoms with Gasteiger partial charge in [0.15, 0.2) is 6.61 Å². The van der Waals surface area contributed by atoms with Gasteiger partial charge in [-0.05, 0) is 17.9 Å². The fraction of sp³-hybridized carbons (Fsp3) is 0.529. The monoisotopic (exact) mass is 289 g/mol. The highest BCUT2D eigenvalue weighted by molar-refractivity contribution is 5.80. The summed E-state index contributed by atoms with van der Waals surface area (Å²) >= 11 is 0. The van der Waals surface area contributed by atoms with Crippen LogP contribution in [0.3, 0.4) is 0 Å². The van der Waals surface area contributed by atoms with Crippen molar-refractivity contribution in [3.05, 3.63) is 35.9 Å². The summed E-state index contributed by atoms with van der Waals surface area (Å²) in [6, 6.07) is 9.65. The zero-order valence-corrected chi connectivity index (χ0v) is 12.3. The molecule has 1 saturated carbocycles. The second kappa shape index (κ2) is 8.45. The molecule has 0 radical (unpaired) electrons. The van der Waals surface area contributed by atoms with Crippen LogP contribution < -0.4 is 5.32 Å². The second-order valence-electron chi connectivity index (χ2n) is 5.61. The molecule has 1 fully saturated rings. The molecule has 1 aromatic rings. The van der Waals surface area contributed by atoms with Gasteiger partial charge in [0.25, 0.3) is 5.91 Å². The Morgan fingerprint density at radius 1 is 1.14 bits per heavy atom. The number of esters is 1. The first-order valence-corrected chi connectivity index (χ1v) is 7.70. The van der Waals surface area contributed by atoms with Gasteiger partial charge in [0, 0.05) is 13.0 Å². The van der Waals surface area contributed by atoms with E-state index < -0.39 is 0 Å². The van der Waals surface area contributed by atoms with Gasteiger partial charge in [0.2, 0.25) is 0 Å². The highest BCUT2D eigenvalue weighted by atomic mass is 16.5. The molecular formula is C17H23NO3. The number of hydrogen-bond donors (Lipinski definition) is 1. The summed E-state index contributed by atoms with van der Waals surface area (Å²) in [7, 11) is 0. The fourth-order valence-electron chi connectivity index (χ4n) is 2.69. The van der Waals surface area contributed by atoms with E-state index in [9.17, 15) is 9.59 Å². The van der Waals surface area contributed by atoms with Crippen molar-refractivity contribution in [2.75, 3.05) is 6.61 Å². The summed E-state index contributed by atoms with van der Waals surface area (Å²) in [6.07, 6.45) is 6.33. The molecule has 0 spiro atoms. The first kappa shape index (κ1) is 15.5. The number of rotatable bonds is 7. The Kier molecular flexibility index (Phi) is 6.25. The van der Waals surface area contributed by atoms with Gasteiger partial charge in [-0.15, -0.1) is 0 Å². The molecule has 0 bridgehead atoms. The molecule has 1 aliphatic carbocycles. The number of nitrogens with one attached hydrogen (secondary N) is 1. The van der Waals surface area contributed by atoms with Gasteiger partial charge < -0.3 is 10.1 Å². The molecular weight excluding hydrogens is 266 g/mol. The van der Waals surface area contributed by atoms with E-state index in [1.807, 2.05) is 30.3 Å². The standard InChI is InChI=1S/C17H23NO3/c19-16(18-12-15-8-2-1-3-9-15)13-21-17(20)11-10-14-6-4-5-7-14/h1-3,8-9,14H,4-7,10-13H2,(H,18,19). The van der Waals surface area contributed by atoms with Crippen LogP contribution in [0.15, 0.2) is 30.3 Å². The molecule has 1 aliphatic rings. The number of amides is 1. The Hall–Kier alpha value is -1.84. The molecule has 1 aromatic carbocycles. The van der Waals surface area contributed by atoms with Crippen LogP contribution in [0.5, 0.6) is 0 Å². The third-order valence-corrected chi connectivity index (χ3v) is 3.93. The van der Waals surface area contributed by atoms with Gasteiger partial charge >= 0.3 is 5.97 Å². The van der Waals surface area contributed by atoms with Crippen LogP contribution in [-0.2, 0) is 20.9 Å². The van der Waals surface area contributed by atoms with Crippen LogP contribution in [0.4, 0.5) is 0 Å². The largest absolute Gasteiger partial charge is 0.456 e. The van der Waals surface area contributed by atoms with Gasteiger partial charge in [-0.2, -0.15) is 0 Å². The molecule has 1 amide bonds. The quantitative estimate of drug-likeness (QED) is 0.785. The maximum absolute atomic E-state index is 11.6. The minimum Gasteiger partial charge on any atom is -0.456 e. The van der Waals surface area contributed by atoms with E-state index in [-0.39, 0.29) is 18.5 Å². The lowest BCUT2D eigenvalue weighted by molar-refractivity contribution is -0.148. The van der Waals surface area contributed by atoms with Crippen LogP contribution >= 0.6 is 0 Å². The van der Waals surface area contributed by atoms with Crippen molar-refractivity contribution < 1.29 is 14.3 Å². The predicted octanol–water partition coefficient (Wildman–Crippen LogP) is 2.82. The molecule has 0 unspecified atom stereocenters. The van der Waals surface area contributed by atoms with Crippen molar-refractivity contribution in [3.63, 3.8) is 0 Å². The zero-order chi connectivity index (χ0) is 14.9. The summed E-state index contributed by atoms with van der Waals surface area (Å²) < 4.78 is 5.00. The summed E-state index contributed by atoms with van der Waals surface area (Å²) in [5.74, 6) is 0.147.